The number of rotatable bonds is 8. The third-order valence-corrected chi connectivity index (χ3v) is 4.13. The molecule has 0 fully saturated rings. The van der Waals surface area contributed by atoms with E-state index in [1.54, 1.807) is 6.26 Å². The first-order valence-corrected chi connectivity index (χ1v) is 9.64. The quantitative estimate of drug-likeness (QED) is 0.743. The van der Waals surface area contributed by atoms with Gasteiger partial charge in [-0.15, -0.1) is 0 Å². The smallest absolute Gasteiger partial charge is 0.224 e. The number of hydrogen-bond acceptors (Lipinski definition) is 3. The first-order valence-electron chi connectivity index (χ1n) is 7.91. The largest absolute Gasteiger partial charge is 0.494 e. The van der Waals surface area contributed by atoms with Gasteiger partial charge in [0.15, 0.2) is 0 Å². The zero-order chi connectivity index (χ0) is 17.4. The summed E-state index contributed by atoms with van der Waals surface area (Å²) in [7, 11) is -0.893. The van der Waals surface area contributed by atoms with Crippen LogP contribution >= 0.6 is 0 Å². The minimum absolute atomic E-state index is 0.0439. The number of aryl methyl sites for hydroxylation is 1. The van der Waals surface area contributed by atoms with E-state index in [0.717, 1.165) is 22.6 Å². The van der Waals surface area contributed by atoms with Crippen molar-refractivity contribution in [3.63, 3.8) is 0 Å². The summed E-state index contributed by atoms with van der Waals surface area (Å²) in [5.74, 6) is 1.28. The van der Waals surface area contributed by atoms with Crippen LogP contribution in [0.15, 0.2) is 48.5 Å². The number of anilines is 1. The van der Waals surface area contributed by atoms with Crippen LogP contribution in [0.3, 0.4) is 0 Å². The van der Waals surface area contributed by atoms with Crippen LogP contribution < -0.4 is 10.1 Å². The normalized spacial score (nSPS) is 11.8. The van der Waals surface area contributed by atoms with E-state index in [1.165, 1.54) is 0 Å². The highest BCUT2D eigenvalue weighted by molar-refractivity contribution is 7.83. The van der Waals surface area contributed by atoms with Crippen molar-refractivity contribution in [1.82, 2.24) is 0 Å². The van der Waals surface area contributed by atoms with Gasteiger partial charge >= 0.3 is 0 Å². The van der Waals surface area contributed by atoms with Crippen molar-refractivity contribution in [3.8, 4) is 5.75 Å². The molecule has 1 atom stereocenters. The van der Waals surface area contributed by atoms with Crippen molar-refractivity contribution in [1.29, 1.82) is 0 Å². The second kappa shape index (κ2) is 9.23. The SMILES string of the molecule is Cc1cccc(OCCCC(=O)Nc2cccc(C[S@](C)=O)c2)c1. The zero-order valence-corrected chi connectivity index (χ0v) is 14.9. The monoisotopic (exact) mass is 345 g/mol. The minimum Gasteiger partial charge on any atom is -0.494 e. The van der Waals surface area contributed by atoms with Crippen LogP contribution in [-0.4, -0.2) is 23.0 Å². The standard InChI is InChI=1S/C19H23NO3S/c1-15-6-3-9-18(12-15)23-11-5-10-19(21)20-17-8-4-7-16(13-17)14-24(2)22/h3-4,6-9,12-13H,5,10-11,14H2,1-2H3,(H,20,21)/t24-/m0/s1. The van der Waals surface area contributed by atoms with Gasteiger partial charge in [0, 0.05) is 34.9 Å². The molecule has 0 bridgehead atoms. The van der Waals surface area contributed by atoms with E-state index in [2.05, 4.69) is 5.32 Å². The van der Waals surface area contributed by atoms with E-state index in [9.17, 15) is 9.00 Å². The lowest BCUT2D eigenvalue weighted by atomic mass is 10.2. The molecule has 0 aliphatic rings. The van der Waals surface area contributed by atoms with Crippen LogP contribution in [0.1, 0.15) is 24.0 Å². The summed E-state index contributed by atoms with van der Waals surface area (Å²) < 4.78 is 16.9. The molecule has 2 aromatic rings. The van der Waals surface area contributed by atoms with Crippen molar-refractivity contribution in [3.05, 3.63) is 59.7 Å². The van der Waals surface area contributed by atoms with Gasteiger partial charge in [-0.25, -0.2) is 0 Å². The Morgan fingerprint density at radius 3 is 2.71 bits per heavy atom. The summed E-state index contributed by atoms with van der Waals surface area (Å²) in [5, 5.41) is 2.87. The number of amides is 1. The molecule has 0 unspecified atom stereocenters. The number of ether oxygens (including phenoxy) is 1. The molecule has 128 valence electrons. The lowest BCUT2D eigenvalue weighted by Crippen LogP contribution is -2.13. The van der Waals surface area contributed by atoms with E-state index in [4.69, 9.17) is 4.74 Å². The summed E-state index contributed by atoms with van der Waals surface area (Å²) in [6, 6.07) is 15.3. The molecule has 0 aromatic heterocycles. The van der Waals surface area contributed by atoms with Crippen LogP contribution in [0.25, 0.3) is 0 Å². The predicted molar refractivity (Wildman–Crippen MR) is 98.8 cm³/mol. The Kier molecular flexibility index (Phi) is 7.00. The van der Waals surface area contributed by atoms with Gasteiger partial charge in [-0.05, 0) is 48.7 Å². The first kappa shape index (κ1) is 18.2. The van der Waals surface area contributed by atoms with Gasteiger partial charge in [-0.3, -0.25) is 9.00 Å². The molecule has 1 N–H and O–H groups in total. The molecule has 0 saturated heterocycles. The molecule has 0 saturated carbocycles. The van der Waals surface area contributed by atoms with Gasteiger partial charge < -0.3 is 10.1 Å². The summed E-state index contributed by atoms with van der Waals surface area (Å²) in [6.07, 6.45) is 2.72. The fourth-order valence-corrected chi connectivity index (χ4v) is 2.97. The van der Waals surface area contributed by atoms with E-state index in [-0.39, 0.29) is 5.91 Å². The summed E-state index contributed by atoms with van der Waals surface area (Å²) in [5.41, 5.74) is 2.84. The highest BCUT2D eigenvalue weighted by Gasteiger charge is 2.04. The van der Waals surface area contributed by atoms with Crippen LogP contribution in [0.4, 0.5) is 5.69 Å². The highest BCUT2D eigenvalue weighted by atomic mass is 32.2. The second-order valence-electron chi connectivity index (χ2n) is 5.73. The van der Waals surface area contributed by atoms with Crippen molar-refractivity contribution >= 4 is 22.4 Å². The molecular weight excluding hydrogens is 322 g/mol. The van der Waals surface area contributed by atoms with Gasteiger partial charge in [0.2, 0.25) is 5.91 Å². The Hall–Kier alpha value is -2.14. The van der Waals surface area contributed by atoms with Gasteiger partial charge in [-0.2, -0.15) is 0 Å². The average Bonchev–Trinajstić information content (AvgIpc) is 2.51. The van der Waals surface area contributed by atoms with Gasteiger partial charge in [0.25, 0.3) is 0 Å². The lowest BCUT2D eigenvalue weighted by molar-refractivity contribution is -0.116. The topological polar surface area (TPSA) is 55.4 Å². The Balaban J connectivity index is 1.74. The number of nitrogens with one attached hydrogen (secondary N) is 1. The van der Waals surface area contributed by atoms with Crippen LogP contribution in [0, 0.1) is 6.92 Å². The Bertz CT molecular complexity index is 715. The molecule has 1 amide bonds. The van der Waals surface area contributed by atoms with Crippen molar-refractivity contribution < 1.29 is 13.7 Å². The van der Waals surface area contributed by atoms with Gasteiger partial charge in [0.1, 0.15) is 5.75 Å². The van der Waals surface area contributed by atoms with E-state index in [0.29, 0.717) is 25.2 Å². The molecule has 2 rings (SSSR count). The second-order valence-corrected chi connectivity index (χ2v) is 7.17. The third kappa shape index (κ3) is 6.54. The molecule has 0 spiro atoms. The van der Waals surface area contributed by atoms with Crippen molar-refractivity contribution in [2.45, 2.75) is 25.5 Å². The van der Waals surface area contributed by atoms with Gasteiger partial charge in [0.05, 0.1) is 6.61 Å². The molecule has 24 heavy (non-hydrogen) atoms. The predicted octanol–water partition coefficient (Wildman–Crippen LogP) is 3.67. The van der Waals surface area contributed by atoms with E-state index >= 15 is 0 Å². The molecule has 4 nitrogen and oxygen atoms in total. The number of benzene rings is 2. The van der Waals surface area contributed by atoms with E-state index in [1.807, 2.05) is 55.5 Å². The minimum atomic E-state index is -0.893. The fourth-order valence-electron chi connectivity index (χ4n) is 2.32. The Labute approximate surface area is 145 Å². The Morgan fingerprint density at radius 1 is 1.17 bits per heavy atom. The fraction of sp³-hybridized carbons (Fsp3) is 0.316. The summed E-state index contributed by atoms with van der Waals surface area (Å²) >= 11 is 0. The van der Waals surface area contributed by atoms with Crippen LogP contribution in [-0.2, 0) is 21.3 Å². The van der Waals surface area contributed by atoms with Crippen LogP contribution in [0.2, 0.25) is 0 Å². The molecule has 0 aliphatic heterocycles. The molecule has 0 aliphatic carbocycles. The molecule has 5 heteroatoms. The first-order chi connectivity index (χ1) is 11.5. The summed E-state index contributed by atoms with van der Waals surface area (Å²) in [6.45, 7) is 2.52. The third-order valence-electron chi connectivity index (χ3n) is 3.39. The number of carbonyl (C=O) groups is 1. The summed E-state index contributed by atoms with van der Waals surface area (Å²) in [4.78, 5) is 12.0. The maximum absolute atomic E-state index is 12.0. The zero-order valence-electron chi connectivity index (χ0n) is 14.1. The average molecular weight is 345 g/mol. The Morgan fingerprint density at radius 2 is 1.96 bits per heavy atom. The van der Waals surface area contributed by atoms with E-state index < -0.39 is 10.8 Å². The molecule has 2 aromatic carbocycles. The van der Waals surface area contributed by atoms with Crippen molar-refractivity contribution in [2.24, 2.45) is 0 Å². The number of hydrogen-bond donors (Lipinski definition) is 1. The van der Waals surface area contributed by atoms with Crippen molar-refractivity contribution in [2.75, 3.05) is 18.2 Å². The molecular formula is C19H23NO3S. The maximum Gasteiger partial charge on any atom is 0.224 e. The lowest BCUT2D eigenvalue weighted by Gasteiger charge is -2.08. The highest BCUT2D eigenvalue weighted by Crippen LogP contribution is 2.14. The maximum atomic E-state index is 12.0. The molecule has 0 heterocycles. The van der Waals surface area contributed by atoms with Crippen LogP contribution in [0.5, 0.6) is 5.75 Å². The number of carbonyl (C=O) groups excluding carboxylic acids is 1. The van der Waals surface area contributed by atoms with Gasteiger partial charge in [-0.1, -0.05) is 24.3 Å². The molecule has 0 radical (unpaired) electrons.